The molecule has 0 aliphatic carbocycles. The summed E-state index contributed by atoms with van der Waals surface area (Å²) in [7, 11) is -3.43. The Bertz CT molecular complexity index is 793. The lowest BCUT2D eigenvalue weighted by Crippen LogP contribution is -2.06. The van der Waals surface area contributed by atoms with E-state index in [9.17, 15) is 8.42 Å². The van der Waals surface area contributed by atoms with Gasteiger partial charge < -0.3 is 4.42 Å². The fourth-order valence-corrected chi connectivity index (χ4v) is 2.99. The molecule has 0 aliphatic heterocycles. The molecule has 7 heteroatoms. The largest absolute Gasteiger partial charge is 0.461 e. The first-order valence-electron chi connectivity index (χ1n) is 5.88. The molecule has 1 N–H and O–H groups in total. The second kappa shape index (κ2) is 4.93. The summed E-state index contributed by atoms with van der Waals surface area (Å²) < 4.78 is 29.5. The number of sulfone groups is 1. The van der Waals surface area contributed by atoms with Crippen molar-refractivity contribution in [1.29, 1.82) is 0 Å². The van der Waals surface area contributed by atoms with Crippen LogP contribution in [0.4, 0.5) is 0 Å². The van der Waals surface area contributed by atoms with E-state index in [1.165, 1.54) is 6.26 Å². The molecule has 3 rings (SSSR count). The molecular weight excluding hydrogens is 278 g/mol. The molecule has 6 nitrogen and oxygen atoms in total. The van der Waals surface area contributed by atoms with Gasteiger partial charge in [-0.1, -0.05) is 18.2 Å². The normalized spacial score (nSPS) is 11.6. The Hall–Kier alpha value is -2.41. The Morgan fingerprint density at radius 2 is 1.90 bits per heavy atom. The van der Waals surface area contributed by atoms with Crippen molar-refractivity contribution in [3.63, 3.8) is 0 Å². The maximum Gasteiger partial charge on any atom is 0.216 e. The van der Waals surface area contributed by atoms with Crippen molar-refractivity contribution >= 4 is 9.84 Å². The van der Waals surface area contributed by atoms with E-state index in [4.69, 9.17) is 4.42 Å². The highest BCUT2D eigenvalue weighted by atomic mass is 32.2. The number of nitrogens with one attached hydrogen (secondary N) is 1. The third kappa shape index (κ3) is 2.48. The second-order valence-electron chi connectivity index (χ2n) is 4.16. The summed E-state index contributed by atoms with van der Waals surface area (Å²) in [5.41, 5.74) is 0. The van der Waals surface area contributed by atoms with E-state index in [0.717, 1.165) is 0 Å². The Labute approximate surface area is 115 Å². The van der Waals surface area contributed by atoms with E-state index in [1.807, 2.05) is 0 Å². The molecule has 0 aliphatic rings. The van der Waals surface area contributed by atoms with Crippen molar-refractivity contribution < 1.29 is 12.8 Å². The second-order valence-corrected chi connectivity index (χ2v) is 6.14. The summed E-state index contributed by atoms with van der Waals surface area (Å²) in [6.07, 6.45) is 1.51. The zero-order chi connectivity index (χ0) is 14.0. The molecule has 0 radical (unpaired) electrons. The quantitative estimate of drug-likeness (QED) is 0.794. The fraction of sp³-hybridized carbons (Fsp3) is 0.0769. The number of H-pyrrole nitrogens is 1. The first-order chi connectivity index (χ1) is 9.65. The lowest BCUT2D eigenvalue weighted by molar-refractivity contribution is 0.577. The number of furan rings is 1. The SMILES string of the molecule is O=S(=O)(Cc1nc(-c2ccco2)n[nH]1)c1ccccc1. The first-order valence-corrected chi connectivity index (χ1v) is 7.53. The van der Waals surface area contributed by atoms with Crippen LogP contribution in [-0.2, 0) is 15.6 Å². The third-order valence-electron chi connectivity index (χ3n) is 2.70. The Morgan fingerprint density at radius 3 is 2.60 bits per heavy atom. The molecule has 2 aromatic heterocycles. The molecule has 0 amide bonds. The summed E-state index contributed by atoms with van der Waals surface area (Å²) in [5.74, 6) is 0.878. The predicted molar refractivity (Wildman–Crippen MR) is 71.4 cm³/mol. The molecule has 0 bridgehead atoms. The Morgan fingerprint density at radius 1 is 1.10 bits per heavy atom. The smallest absolute Gasteiger partial charge is 0.216 e. The van der Waals surface area contributed by atoms with Crippen LogP contribution >= 0.6 is 0 Å². The van der Waals surface area contributed by atoms with Crippen LogP contribution in [0.15, 0.2) is 58.0 Å². The number of hydrogen-bond acceptors (Lipinski definition) is 5. The molecule has 3 aromatic rings. The number of benzene rings is 1. The topological polar surface area (TPSA) is 88.8 Å². The maximum atomic E-state index is 12.2. The van der Waals surface area contributed by atoms with Crippen LogP contribution < -0.4 is 0 Å². The highest BCUT2D eigenvalue weighted by molar-refractivity contribution is 7.90. The zero-order valence-electron chi connectivity index (χ0n) is 10.4. The van der Waals surface area contributed by atoms with Gasteiger partial charge in [0.15, 0.2) is 15.6 Å². The Kier molecular flexibility index (Phi) is 3.11. The molecule has 0 unspecified atom stereocenters. The fourth-order valence-electron chi connectivity index (χ4n) is 1.77. The van der Waals surface area contributed by atoms with Crippen LogP contribution in [-0.4, -0.2) is 23.6 Å². The number of nitrogens with zero attached hydrogens (tertiary/aromatic N) is 2. The number of rotatable bonds is 4. The minimum Gasteiger partial charge on any atom is -0.461 e. The van der Waals surface area contributed by atoms with Crippen LogP contribution in [0.1, 0.15) is 5.82 Å². The van der Waals surface area contributed by atoms with E-state index >= 15 is 0 Å². The lowest BCUT2D eigenvalue weighted by atomic mass is 10.4. The zero-order valence-corrected chi connectivity index (χ0v) is 11.2. The van der Waals surface area contributed by atoms with E-state index in [-0.39, 0.29) is 16.5 Å². The molecule has 0 atom stereocenters. The highest BCUT2D eigenvalue weighted by Crippen LogP contribution is 2.17. The highest BCUT2D eigenvalue weighted by Gasteiger charge is 2.18. The summed E-state index contributed by atoms with van der Waals surface area (Å²) in [6, 6.07) is 11.7. The van der Waals surface area contributed by atoms with Crippen molar-refractivity contribution in [3.05, 3.63) is 54.6 Å². The molecule has 0 spiro atoms. The van der Waals surface area contributed by atoms with Crippen LogP contribution in [0, 0.1) is 0 Å². The van der Waals surface area contributed by atoms with Crippen molar-refractivity contribution in [2.45, 2.75) is 10.6 Å². The standard InChI is InChI=1S/C13H11N3O3S/c17-20(18,10-5-2-1-3-6-10)9-12-14-13(16-15-12)11-7-4-8-19-11/h1-8H,9H2,(H,14,15,16). The summed E-state index contributed by atoms with van der Waals surface area (Å²) in [4.78, 5) is 4.38. The van der Waals surface area contributed by atoms with Gasteiger partial charge in [-0.2, -0.15) is 5.10 Å². The van der Waals surface area contributed by atoms with Crippen LogP contribution in [0.3, 0.4) is 0 Å². The van der Waals surface area contributed by atoms with Gasteiger partial charge in [-0.25, -0.2) is 13.4 Å². The van der Waals surface area contributed by atoms with Crippen molar-refractivity contribution in [1.82, 2.24) is 15.2 Å². The molecular formula is C13H11N3O3S. The van der Waals surface area contributed by atoms with Gasteiger partial charge in [-0.15, -0.1) is 0 Å². The summed E-state index contributed by atoms with van der Waals surface area (Å²) in [6.45, 7) is 0. The van der Waals surface area contributed by atoms with Gasteiger partial charge in [0, 0.05) is 0 Å². The molecule has 1 aromatic carbocycles. The van der Waals surface area contributed by atoms with Gasteiger partial charge in [0.1, 0.15) is 11.6 Å². The van der Waals surface area contributed by atoms with Gasteiger partial charge in [0.2, 0.25) is 5.82 Å². The molecule has 0 saturated heterocycles. The lowest BCUT2D eigenvalue weighted by Gasteiger charge is -2.00. The first kappa shape index (κ1) is 12.6. The van der Waals surface area contributed by atoms with E-state index in [0.29, 0.717) is 11.6 Å². The molecule has 102 valence electrons. The van der Waals surface area contributed by atoms with Crippen molar-refractivity contribution in [2.75, 3.05) is 0 Å². The van der Waals surface area contributed by atoms with Crippen LogP contribution in [0.2, 0.25) is 0 Å². The number of aromatic nitrogens is 3. The average Bonchev–Trinajstić information content (AvgIpc) is 3.10. The molecule has 0 fully saturated rings. The van der Waals surface area contributed by atoms with E-state index in [2.05, 4.69) is 15.2 Å². The monoisotopic (exact) mass is 289 g/mol. The number of hydrogen-bond donors (Lipinski definition) is 1. The maximum absolute atomic E-state index is 12.2. The van der Waals surface area contributed by atoms with E-state index < -0.39 is 9.84 Å². The predicted octanol–water partition coefficient (Wildman–Crippen LogP) is 2.04. The minimum atomic E-state index is -3.43. The van der Waals surface area contributed by atoms with Gasteiger partial charge in [0.05, 0.1) is 11.2 Å². The van der Waals surface area contributed by atoms with Gasteiger partial charge in [-0.3, -0.25) is 5.10 Å². The van der Waals surface area contributed by atoms with Gasteiger partial charge >= 0.3 is 0 Å². The summed E-state index contributed by atoms with van der Waals surface area (Å²) in [5, 5.41) is 6.56. The Balaban J connectivity index is 1.85. The summed E-state index contributed by atoms with van der Waals surface area (Å²) >= 11 is 0. The minimum absolute atomic E-state index is 0.231. The van der Waals surface area contributed by atoms with Gasteiger partial charge in [0.25, 0.3) is 0 Å². The average molecular weight is 289 g/mol. The van der Waals surface area contributed by atoms with Crippen molar-refractivity contribution in [2.24, 2.45) is 0 Å². The number of aromatic amines is 1. The van der Waals surface area contributed by atoms with E-state index in [1.54, 1.807) is 42.5 Å². The third-order valence-corrected chi connectivity index (χ3v) is 4.35. The van der Waals surface area contributed by atoms with Crippen LogP contribution in [0.5, 0.6) is 0 Å². The molecule has 2 heterocycles. The van der Waals surface area contributed by atoms with Crippen molar-refractivity contribution in [3.8, 4) is 11.6 Å². The van der Waals surface area contributed by atoms with Gasteiger partial charge in [-0.05, 0) is 24.3 Å². The van der Waals surface area contributed by atoms with Crippen LogP contribution in [0.25, 0.3) is 11.6 Å². The molecule has 20 heavy (non-hydrogen) atoms. The molecule has 0 saturated carbocycles.